The van der Waals surface area contributed by atoms with Crippen molar-refractivity contribution in [2.24, 2.45) is 5.92 Å². The van der Waals surface area contributed by atoms with Crippen LogP contribution >= 0.6 is 27.5 Å². The molecule has 0 saturated carbocycles. The number of aromatic nitrogens is 1. The summed E-state index contributed by atoms with van der Waals surface area (Å²) >= 11 is 8.15. The first-order chi connectivity index (χ1) is 14.6. The molecule has 1 aromatic heterocycles. The zero-order valence-corrected chi connectivity index (χ0v) is 18.3. The Morgan fingerprint density at radius 3 is 2.68 bits per heavy atom. The van der Waals surface area contributed by atoms with Gasteiger partial charge in [-0.3, -0.25) is 4.79 Å². The van der Waals surface area contributed by atoms with Gasteiger partial charge < -0.3 is 25.4 Å². The van der Waals surface area contributed by atoms with Crippen LogP contribution in [0.1, 0.15) is 16.8 Å². The number of ether oxygens (including phenoxy) is 1. The number of pyridine rings is 1. The molecule has 2 aromatic rings. The minimum atomic E-state index is -3.81. The molecule has 1 aliphatic heterocycles. The number of carbonyl (C=O) groups is 2. The molecule has 1 atom stereocenters. The van der Waals surface area contributed by atoms with Crippen molar-refractivity contribution in [1.82, 2.24) is 10.3 Å². The Labute approximate surface area is 189 Å². The molecular weight excluding hydrogens is 502 g/mol. The highest BCUT2D eigenvalue weighted by molar-refractivity contribution is 9.10. The van der Waals surface area contributed by atoms with E-state index >= 15 is 0 Å². The Morgan fingerprint density at radius 1 is 1.35 bits per heavy atom. The van der Waals surface area contributed by atoms with E-state index in [0.29, 0.717) is 34.6 Å². The highest BCUT2D eigenvalue weighted by Crippen LogP contribution is 2.30. The summed E-state index contributed by atoms with van der Waals surface area (Å²) in [6, 6.07) is 6.95. The zero-order valence-electron chi connectivity index (χ0n) is 15.9. The van der Waals surface area contributed by atoms with E-state index < -0.39 is 17.6 Å². The van der Waals surface area contributed by atoms with Crippen molar-refractivity contribution in [2.45, 2.75) is 12.0 Å². The zero-order chi connectivity index (χ0) is 22.6. The van der Waals surface area contributed by atoms with Crippen molar-refractivity contribution in [1.29, 1.82) is 0 Å². The third-order valence-electron chi connectivity index (χ3n) is 4.56. The Morgan fingerprint density at radius 2 is 2.06 bits per heavy atom. The van der Waals surface area contributed by atoms with Gasteiger partial charge in [-0.2, -0.15) is 0 Å². The lowest BCUT2D eigenvalue weighted by Crippen LogP contribution is -2.30. The van der Waals surface area contributed by atoms with Crippen LogP contribution in [0.4, 0.5) is 25.1 Å². The number of halogens is 4. The van der Waals surface area contributed by atoms with Gasteiger partial charge in [-0.15, -0.1) is 8.78 Å². The first-order valence-electron chi connectivity index (χ1n) is 9.15. The SMILES string of the molecule is O=C(O)NCC1CCN(c2ncc(C(=O)Nc3ccc(OC(F)(F)Cl)cc3)cc2Br)C1. The maximum atomic E-state index is 12.6. The molecule has 1 saturated heterocycles. The lowest BCUT2D eigenvalue weighted by molar-refractivity contribution is -0.0964. The van der Waals surface area contributed by atoms with Crippen LogP contribution in [0.15, 0.2) is 41.0 Å². The number of carboxylic acid groups (broad SMARTS) is 1. The summed E-state index contributed by atoms with van der Waals surface area (Å²) < 4.78 is 30.1. The molecule has 1 aromatic carbocycles. The fourth-order valence-electron chi connectivity index (χ4n) is 3.15. The van der Waals surface area contributed by atoms with Crippen molar-refractivity contribution < 1.29 is 28.2 Å². The van der Waals surface area contributed by atoms with Gasteiger partial charge in [0.1, 0.15) is 11.6 Å². The summed E-state index contributed by atoms with van der Waals surface area (Å²) in [7, 11) is 0. The maximum absolute atomic E-state index is 12.6. The first kappa shape index (κ1) is 23.0. The molecule has 1 aliphatic rings. The number of alkyl halides is 3. The monoisotopic (exact) mass is 518 g/mol. The molecule has 1 fully saturated rings. The minimum absolute atomic E-state index is 0.144. The van der Waals surface area contributed by atoms with Gasteiger partial charge in [0.05, 0.1) is 10.0 Å². The molecule has 0 aliphatic carbocycles. The second kappa shape index (κ2) is 9.65. The number of amides is 2. The van der Waals surface area contributed by atoms with Gasteiger partial charge in [0.25, 0.3) is 5.91 Å². The van der Waals surface area contributed by atoms with E-state index in [9.17, 15) is 18.4 Å². The maximum Gasteiger partial charge on any atom is 0.487 e. The average Bonchev–Trinajstić information content (AvgIpc) is 3.15. The third-order valence-corrected chi connectivity index (χ3v) is 5.22. The van der Waals surface area contributed by atoms with Crippen LogP contribution < -0.4 is 20.3 Å². The number of nitrogens with one attached hydrogen (secondary N) is 2. The van der Waals surface area contributed by atoms with E-state index in [1.54, 1.807) is 6.07 Å². The van der Waals surface area contributed by atoms with Gasteiger partial charge in [-0.1, -0.05) is 0 Å². The van der Waals surface area contributed by atoms with Crippen LogP contribution in [-0.4, -0.2) is 47.3 Å². The first-order valence-corrected chi connectivity index (χ1v) is 10.3. The molecule has 0 spiro atoms. The van der Waals surface area contributed by atoms with Crippen LogP contribution in [-0.2, 0) is 0 Å². The van der Waals surface area contributed by atoms with Gasteiger partial charge in [0.2, 0.25) is 0 Å². The molecule has 12 heteroatoms. The predicted octanol–water partition coefficient (Wildman–Crippen LogP) is 4.36. The highest BCUT2D eigenvalue weighted by Gasteiger charge is 2.28. The predicted molar refractivity (Wildman–Crippen MR) is 114 cm³/mol. The molecule has 2 heterocycles. The Kier molecular flexibility index (Phi) is 7.16. The lowest BCUT2D eigenvalue weighted by Gasteiger charge is -2.19. The highest BCUT2D eigenvalue weighted by atomic mass is 79.9. The van der Waals surface area contributed by atoms with Gasteiger partial charge in [-0.25, -0.2) is 9.78 Å². The Balaban J connectivity index is 1.60. The quantitative estimate of drug-likeness (QED) is 0.470. The summed E-state index contributed by atoms with van der Waals surface area (Å²) in [6.45, 7) is 1.74. The fraction of sp³-hybridized carbons (Fsp3) is 0.316. The van der Waals surface area contributed by atoms with E-state index in [1.165, 1.54) is 30.5 Å². The van der Waals surface area contributed by atoms with E-state index in [1.807, 2.05) is 4.90 Å². The second-order valence-electron chi connectivity index (χ2n) is 6.84. The Hall–Kier alpha value is -2.66. The van der Waals surface area contributed by atoms with Crippen LogP contribution in [0.3, 0.4) is 0 Å². The normalized spacial score (nSPS) is 16.1. The van der Waals surface area contributed by atoms with Crippen LogP contribution in [0.2, 0.25) is 0 Å². The third kappa shape index (κ3) is 6.66. The van der Waals surface area contributed by atoms with Crippen LogP contribution in [0.5, 0.6) is 5.75 Å². The molecule has 8 nitrogen and oxygen atoms in total. The van der Waals surface area contributed by atoms with E-state index in [4.69, 9.17) is 16.7 Å². The number of hydrogen-bond acceptors (Lipinski definition) is 5. The smallest absolute Gasteiger partial charge is 0.465 e. The Bertz CT molecular complexity index is 959. The molecule has 1 unspecified atom stereocenters. The van der Waals surface area contributed by atoms with Crippen LogP contribution in [0.25, 0.3) is 0 Å². The molecule has 0 bridgehead atoms. The number of rotatable bonds is 7. The van der Waals surface area contributed by atoms with Gasteiger partial charge >= 0.3 is 11.7 Å². The van der Waals surface area contributed by atoms with Crippen molar-refractivity contribution in [3.8, 4) is 5.75 Å². The molecule has 2 amide bonds. The van der Waals surface area contributed by atoms with Gasteiger partial charge in [-0.05, 0) is 58.6 Å². The largest absolute Gasteiger partial charge is 0.487 e. The number of anilines is 2. The van der Waals surface area contributed by atoms with Crippen LogP contribution in [0, 0.1) is 5.92 Å². The number of nitrogens with zero attached hydrogens (tertiary/aromatic N) is 2. The summed E-state index contributed by atoms with van der Waals surface area (Å²) in [5.41, 5.74) is -3.14. The van der Waals surface area contributed by atoms with E-state index in [-0.39, 0.29) is 11.7 Å². The topological polar surface area (TPSA) is 104 Å². The molecule has 3 N–H and O–H groups in total. The van der Waals surface area contributed by atoms with Crippen molar-refractivity contribution in [2.75, 3.05) is 29.9 Å². The standard InChI is InChI=1S/C19H18BrClF2N4O4/c20-15-7-12(9-24-16(15)27-6-5-11(10-27)8-25-18(29)30)17(28)26-13-1-3-14(4-2-13)31-19(21,22)23/h1-4,7,9,11,25H,5-6,8,10H2,(H,26,28)(H,29,30). The van der Waals surface area contributed by atoms with E-state index in [0.717, 1.165) is 13.0 Å². The molecule has 3 rings (SSSR count). The number of hydrogen-bond donors (Lipinski definition) is 3. The van der Waals surface area contributed by atoms with E-state index in [2.05, 4.69) is 36.3 Å². The van der Waals surface area contributed by atoms with Gasteiger partial charge in [0, 0.05) is 43.1 Å². The van der Waals surface area contributed by atoms with Crippen molar-refractivity contribution in [3.05, 3.63) is 46.6 Å². The lowest BCUT2D eigenvalue weighted by atomic mass is 10.1. The summed E-state index contributed by atoms with van der Waals surface area (Å²) in [5, 5.41) is 13.8. The molecule has 31 heavy (non-hydrogen) atoms. The van der Waals surface area contributed by atoms with Gasteiger partial charge in [0.15, 0.2) is 0 Å². The van der Waals surface area contributed by atoms with Crippen molar-refractivity contribution >= 4 is 51.0 Å². The minimum Gasteiger partial charge on any atom is -0.465 e. The molecular formula is C19H18BrClF2N4O4. The average molecular weight is 520 g/mol. The molecule has 0 radical (unpaired) electrons. The number of benzene rings is 1. The summed E-state index contributed by atoms with van der Waals surface area (Å²) in [6.07, 6.45) is 1.21. The second-order valence-corrected chi connectivity index (χ2v) is 8.14. The molecule has 166 valence electrons. The summed E-state index contributed by atoms with van der Waals surface area (Å²) in [5.74, 6) is 0.270. The van der Waals surface area contributed by atoms with Crippen molar-refractivity contribution in [3.63, 3.8) is 0 Å². The fourth-order valence-corrected chi connectivity index (χ4v) is 3.84. The summed E-state index contributed by atoms with van der Waals surface area (Å²) in [4.78, 5) is 29.5. The number of carbonyl (C=O) groups excluding carboxylic acids is 1.